The van der Waals surface area contributed by atoms with Gasteiger partial charge >= 0.3 is 0 Å². The van der Waals surface area contributed by atoms with Crippen molar-refractivity contribution in [3.05, 3.63) is 71.1 Å². The molecule has 5 nitrogen and oxygen atoms in total. The van der Waals surface area contributed by atoms with E-state index in [1.165, 1.54) is 19.1 Å². The minimum atomic E-state index is -1.66. The maximum atomic E-state index is 13.7. The number of nitrogens with zero attached hydrogens (tertiary/aromatic N) is 2. The number of carbonyl (C=O) groups is 1. The summed E-state index contributed by atoms with van der Waals surface area (Å²) in [7, 11) is 0. The summed E-state index contributed by atoms with van der Waals surface area (Å²) in [6.07, 6.45) is 3.34. The smallest absolute Gasteiger partial charge is 0.237 e. The number of hydrogen-bond donors (Lipinski definition) is 2. The number of amides is 1. The predicted octanol–water partition coefficient (Wildman–Crippen LogP) is 4.65. The van der Waals surface area contributed by atoms with Crippen LogP contribution in [0.2, 0.25) is 0 Å². The second kappa shape index (κ2) is 8.91. The number of thioether (sulfide) groups is 1. The lowest BCUT2D eigenvalue weighted by Gasteiger charge is -2.11. The van der Waals surface area contributed by atoms with Crippen molar-refractivity contribution in [3.8, 4) is 0 Å². The number of aromatic amines is 1. The monoisotopic (exact) mass is 422 g/mol. The van der Waals surface area contributed by atoms with Crippen LogP contribution in [0.25, 0.3) is 12.2 Å². The number of nitrogens with one attached hydrogen (secondary N) is 2. The largest absolute Gasteiger partial charge is 0.323 e. The van der Waals surface area contributed by atoms with Gasteiger partial charge in [-0.25, -0.2) is 22.5 Å². The average Bonchev–Trinajstić information content (AvgIpc) is 3.15. The van der Waals surface area contributed by atoms with Crippen molar-refractivity contribution in [3.63, 3.8) is 0 Å². The average molecular weight is 422 g/mol. The first-order chi connectivity index (χ1) is 13.8. The highest BCUT2D eigenvalue weighted by Crippen LogP contribution is 2.23. The van der Waals surface area contributed by atoms with Crippen molar-refractivity contribution >= 4 is 35.5 Å². The molecule has 0 spiro atoms. The molecule has 0 radical (unpaired) electrons. The Morgan fingerprint density at radius 3 is 2.52 bits per heavy atom. The van der Waals surface area contributed by atoms with Gasteiger partial charge in [-0.15, -0.1) is 5.10 Å². The van der Waals surface area contributed by atoms with Crippen LogP contribution in [-0.2, 0) is 4.79 Å². The molecule has 0 saturated carbocycles. The van der Waals surface area contributed by atoms with Crippen LogP contribution >= 0.6 is 11.8 Å². The minimum absolute atomic E-state index is 0.261. The molecule has 0 aliphatic rings. The van der Waals surface area contributed by atoms with E-state index in [0.717, 1.165) is 29.5 Å². The van der Waals surface area contributed by atoms with E-state index in [2.05, 4.69) is 20.5 Å². The molecule has 0 bridgehead atoms. The zero-order valence-electron chi connectivity index (χ0n) is 14.9. The van der Waals surface area contributed by atoms with Gasteiger partial charge in [-0.05, 0) is 42.8 Å². The van der Waals surface area contributed by atoms with Crippen LogP contribution in [0.5, 0.6) is 0 Å². The van der Waals surface area contributed by atoms with Crippen molar-refractivity contribution in [2.45, 2.75) is 17.3 Å². The third kappa shape index (κ3) is 5.23. The van der Waals surface area contributed by atoms with Crippen molar-refractivity contribution in [2.75, 3.05) is 5.32 Å². The van der Waals surface area contributed by atoms with Gasteiger partial charge in [0.2, 0.25) is 11.1 Å². The van der Waals surface area contributed by atoms with Crippen molar-refractivity contribution in [1.82, 2.24) is 15.2 Å². The molecule has 2 N–H and O–H groups in total. The fourth-order valence-electron chi connectivity index (χ4n) is 2.20. The third-order valence-corrected chi connectivity index (χ3v) is 4.69. The van der Waals surface area contributed by atoms with Crippen LogP contribution in [0.1, 0.15) is 18.3 Å². The highest BCUT2D eigenvalue weighted by molar-refractivity contribution is 8.00. The molecule has 0 saturated heterocycles. The molecule has 0 aliphatic carbocycles. The van der Waals surface area contributed by atoms with Gasteiger partial charge in [0.25, 0.3) is 0 Å². The van der Waals surface area contributed by atoms with Crippen molar-refractivity contribution in [1.29, 1.82) is 0 Å². The summed E-state index contributed by atoms with van der Waals surface area (Å²) < 4.78 is 52.8. The highest BCUT2D eigenvalue weighted by Gasteiger charge is 2.20. The second-order valence-electron chi connectivity index (χ2n) is 5.86. The second-order valence-corrected chi connectivity index (χ2v) is 7.17. The summed E-state index contributed by atoms with van der Waals surface area (Å²) >= 11 is 0.989. The quantitative estimate of drug-likeness (QED) is 0.345. The molecule has 1 amide bonds. The standard InChI is InChI=1S/C19H14F4N4OS/c1-10(18(28)24-14-8-7-13(21)16(22)17(14)23)29-19-25-15(26-27-19)9-4-11-2-5-12(20)6-3-11/h2-10H,1H3,(H,24,28)(H,25,26,27)/b9-4+. The molecular weight excluding hydrogens is 408 g/mol. The first-order valence-corrected chi connectivity index (χ1v) is 9.18. The van der Waals surface area contributed by atoms with Crippen LogP contribution in [-0.4, -0.2) is 26.3 Å². The van der Waals surface area contributed by atoms with Gasteiger partial charge in [0.15, 0.2) is 17.5 Å². The highest BCUT2D eigenvalue weighted by atomic mass is 32.2. The van der Waals surface area contributed by atoms with E-state index in [-0.39, 0.29) is 11.0 Å². The molecule has 29 heavy (non-hydrogen) atoms. The Bertz CT molecular complexity index is 1050. The van der Waals surface area contributed by atoms with E-state index < -0.39 is 34.3 Å². The summed E-state index contributed by atoms with van der Waals surface area (Å²) in [5, 5.41) is 8.37. The first kappa shape index (κ1) is 20.6. The van der Waals surface area contributed by atoms with E-state index in [1.807, 2.05) is 0 Å². The molecule has 3 rings (SSSR count). The zero-order chi connectivity index (χ0) is 21.0. The van der Waals surface area contributed by atoms with Crippen LogP contribution in [0.4, 0.5) is 23.2 Å². The molecule has 1 heterocycles. The zero-order valence-corrected chi connectivity index (χ0v) is 15.7. The van der Waals surface area contributed by atoms with Gasteiger partial charge in [0, 0.05) is 0 Å². The van der Waals surface area contributed by atoms with Crippen LogP contribution in [0.3, 0.4) is 0 Å². The molecule has 150 valence electrons. The van der Waals surface area contributed by atoms with E-state index in [9.17, 15) is 22.4 Å². The van der Waals surface area contributed by atoms with Gasteiger partial charge in [0.05, 0.1) is 10.9 Å². The Morgan fingerprint density at radius 2 is 1.79 bits per heavy atom. The minimum Gasteiger partial charge on any atom is -0.323 e. The molecular formula is C19H14F4N4OS. The predicted molar refractivity (Wildman–Crippen MR) is 102 cm³/mol. The lowest BCUT2D eigenvalue weighted by molar-refractivity contribution is -0.115. The van der Waals surface area contributed by atoms with Crippen LogP contribution in [0, 0.1) is 23.3 Å². The maximum Gasteiger partial charge on any atom is 0.237 e. The Kier molecular flexibility index (Phi) is 6.32. The van der Waals surface area contributed by atoms with E-state index >= 15 is 0 Å². The van der Waals surface area contributed by atoms with Crippen LogP contribution < -0.4 is 5.32 Å². The number of aromatic nitrogens is 3. The number of H-pyrrole nitrogens is 1. The number of benzene rings is 2. The van der Waals surface area contributed by atoms with Crippen molar-refractivity contribution in [2.24, 2.45) is 0 Å². The Hall–Kier alpha value is -3.14. The topological polar surface area (TPSA) is 70.7 Å². The van der Waals surface area contributed by atoms with E-state index in [1.54, 1.807) is 24.3 Å². The summed E-state index contributed by atoms with van der Waals surface area (Å²) in [5.41, 5.74) is 0.303. The van der Waals surface area contributed by atoms with Gasteiger partial charge in [-0.3, -0.25) is 9.89 Å². The van der Waals surface area contributed by atoms with Crippen molar-refractivity contribution < 1.29 is 22.4 Å². The lowest BCUT2D eigenvalue weighted by atomic mass is 10.2. The molecule has 1 unspecified atom stereocenters. The Balaban J connectivity index is 1.61. The normalized spacial score (nSPS) is 12.3. The van der Waals surface area contributed by atoms with Gasteiger partial charge in [-0.1, -0.05) is 30.0 Å². The molecule has 2 aromatic carbocycles. The SMILES string of the molecule is CC(Sc1n[nH]c(/C=C/c2ccc(F)cc2)n1)C(=O)Nc1ccc(F)c(F)c1F. The number of anilines is 1. The van der Waals surface area contributed by atoms with Gasteiger partial charge in [0.1, 0.15) is 11.6 Å². The molecule has 0 aliphatic heterocycles. The summed E-state index contributed by atoms with van der Waals surface area (Å²) in [5.74, 6) is -5.03. The third-order valence-electron chi connectivity index (χ3n) is 3.73. The summed E-state index contributed by atoms with van der Waals surface area (Å²) in [4.78, 5) is 16.4. The molecule has 10 heteroatoms. The number of rotatable bonds is 6. The molecule has 3 aromatic rings. The molecule has 1 atom stereocenters. The van der Waals surface area contributed by atoms with Gasteiger partial charge < -0.3 is 5.32 Å². The number of halogens is 4. The fourth-order valence-corrected chi connectivity index (χ4v) is 2.93. The number of hydrogen-bond acceptors (Lipinski definition) is 4. The Labute approximate surface area is 167 Å². The van der Waals surface area contributed by atoms with Crippen LogP contribution in [0.15, 0.2) is 41.6 Å². The van der Waals surface area contributed by atoms with E-state index in [4.69, 9.17) is 0 Å². The lowest BCUT2D eigenvalue weighted by Crippen LogP contribution is -2.23. The molecule has 1 aromatic heterocycles. The fraction of sp³-hybridized carbons (Fsp3) is 0.105. The maximum absolute atomic E-state index is 13.7. The number of carbonyl (C=O) groups excluding carboxylic acids is 1. The van der Waals surface area contributed by atoms with Gasteiger partial charge in [-0.2, -0.15) is 0 Å². The summed E-state index contributed by atoms with van der Waals surface area (Å²) in [6.45, 7) is 1.53. The molecule has 0 fully saturated rings. The first-order valence-electron chi connectivity index (χ1n) is 8.30. The summed E-state index contributed by atoms with van der Waals surface area (Å²) in [6, 6.07) is 7.52. The Morgan fingerprint density at radius 1 is 1.07 bits per heavy atom. The van der Waals surface area contributed by atoms with E-state index in [0.29, 0.717) is 5.82 Å².